The molecule has 16 heavy (non-hydrogen) atoms. The van der Waals surface area contributed by atoms with Crippen LogP contribution in [0.2, 0.25) is 0 Å². The Hall–Kier alpha value is -1.24. The molecule has 0 bridgehead atoms. The Labute approximate surface area is 86.9 Å². The average molecular weight is 243 g/mol. The second kappa shape index (κ2) is 3.97. The maximum Gasteiger partial charge on any atom is 0.455 e. The van der Waals surface area contributed by atoms with Gasteiger partial charge in [0.25, 0.3) is 0 Å². The second-order valence-corrected chi connectivity index (χ2v) is 3.15. The van der Waals surface area contributed by atoms with Gasteiger partial charge in [-0.2, -0.15) is 22.0 Å². The Bertz CT molecular complexity index is 355. The van der Waals surface area contributed by atoms with E-state index in [4.69, 9.17) is 5.73 Å². The average Bonchev–Trinajstić information content (AvgIpc) is 2.16. The summed E-state index contributed by atoms with van der Waals surface area (Å²) in [6, 6.07) is 0.566. The number of rotatable bonds is 2. The first-order chi connectivity index (χ1) is 7.16. The lowest BCUT2D eigenvalue weighted by molar-refractivity contribution is -0.291. The summed E-state index contributed by atoms with van der Waals surface area (Å²) in [5, 5.41) is 0. The molecular weight excluding hydrogens is 236 g/mol. The van der Waals surface area contributed by atoms with Crippen LogP contribution in [0.15, 0.2) is 24.3 Å². The number of halogens is 6. The highest BCUT2D eigenvalue weighted by atomic mass is 19.4. The van der Waals surface area contributed by atoms with Crippen molar-refractivity contribution in [2.75, 3.05) is 0 Å². The summed E-state index contributed by atoms with van der Waals surface area (Å²) in [6.45, 7) is 0. The molecule has 1 nitrogen and oxygen atoms in total. The van der Waals surface area contributed by atoms with E-state index in [0.717, 1.165) is 24.3 Å². The normalized spacial score (nSPS) is 14.9. The summed E-state index contributed by atoms with van der Waals surface area (Å²) in [6.07, 6.45) is -5.74. The summed E-state index contributed by atoms with van der Waals surface area (Å²) in [4.78, 5) is 0. The molecule has 0 unspecified atom stereocenters. The van der Waals surface area contributed by atoms with Gasteiger partial charge in [-0.1, -0.05) is 12.1 Å². The number of nitrogens with two attached hydrogens (primary N) is 1. The van der Waals surface area contributed by atoms with Gasteiger partial charge in [-0.25, -0.2) is 4.39 Å². The van der Waals surface area contributed by atoms with Crippen LogP contribution in [-0.2, 0) is 0 Å². The van der Waals surface area contributed by atoms with Crippen molar-refractivity contribution in [1.29, 1.82) is 0 Å². The van der Waals surface area contributed by atoms with Crippen molar-refractivity contribution < 1.29 is 26.3 Å². The van der Waals surface area contributed by atoms with Crippen LogP contribution >= 0.6 is 0 Å². The van der Waals surface area contributed by atoms with Gasteiger partial charge in [0.2, 0.25) is 0 Å². The van der Waals surface area contributed by atoms with Crippen LogP contribution in [0.25, 0.3) is 0 Å². The zero-order valence-corrected chi connectivity index (χ0v) is 7.73. The smallest absolute Gasteiger partial charge is 0.319 e. The van der Waals surface area contributed by atoms with E-state index in [1.807, 2.05) is 0 Å². The maximum atomic E-state index is 12.8. The second-order valence-electron chi connectivity index (χ2n) is 3.15. The minimum absolute atomic E-state index is 0.483. The molecule has 0 aliphatic rings. The third-order valence-corrected chi connectivity index (χ3v) is 2.00. The minimum atomic E-state index is -5.74. The first-order valence-corrected chi connectivity index (χ1v) is 4.12. The van der Waals surface area contributed by atoms with Crippen LogP contribution < -0.4 is 5.73 Å². The number of hydrogen-bond acceptors (Lipinski definition) is 1. The third kappa shape index (κ3) is 2.29. The summed E-state index contributed by atoms with van der Waals surface area (Å²) in [5.74, 6) is -5.79. The molecule has 1 aromatic rings. The van der Waals surface area contributed by atoms with E-state index in [1.165, 1.54) is 0 Å². The van der Waals surface area contributed by atoms with E-state index in [9.17, 15) is 26.3 Å². The molecule has 0 aliphatic carbocycles. The maximum absolute atomic E-state index is 12.8. The molecule has 0 radical (unpaired) electrons. The molecule has 0 heterocycles. The van der Waals surface area contributed by atoms with Crippen molar-refractivity contribution >= 4 is 0 Å². The molecule has 0 saturated heterocycles. The molecule has 0 fully saturated rings. The standard InChI is InChI=1S/C9H7F6N/c10-6-3-1-5(2-4-6)7(16)8(11,12)9(13,14)15/h1-4,7H,16H2/t7-/m0/s1. The first-order valence-electron chi connectivity index (χ1n) is 4.12. The summed E-state index contributed by atoms with van der Waals surface area (Å²) in [7, 11) is 0. The number of benzene rings is 1. The molecule has 90 valence electrons. The molecule has 1 rings (SSSR count). The predicted octanol–water partition coefficient (Wildman–Crippen LogP) is 3.02. The van der Waals surface area contributed by atoms with Gasteiger partial charge >= 0.3 is 12.1 Å². The van der Waals surface area contributed by atoms with Gasteiger partial charge in [0, 0.05) is 0 Å². The highest BCUT2D eigenvalue weighted by Crippen LogP contribution is 2.43. The zero-order valence-electron chi connectivity index (χ0n) is 7.73. The molecular formula is C9H7F6N. The highest BCUT2D eigenvalue weighted by molar-refractivity contribution is 5.22. The first kappa shape index (κ1) is 12.8. The molecule has 7 heteroatoms. The number of alkyl halides is 5. The fourth-order valence-corrected chi connectivity index (χ4v) is 1.06. The molecule has 0 aliphatic heterocycles. The van der Waals surface area contributed by atoms with Crippen molar-refractivity contribution in [2.45, 2.75) is 18.1 Å². The Morgan fingerprint density at radius 2 is 1.38 bits per heavy atom. The summed E-state index contributed by atoms with van der Waals surface area (Å²) < 4.78 is 73.8. The van der Waals surface area contributed by atoms with E-state index in [-0.39, 0.29) is 0 Å². The van der Waals surface area contributed by atoms with Crippen LogP contribution in [-0.4, -0.2) is 12.1 Å². The van der Waals surface area contributed by atoms with E-state index in [2.05, 4.69) is 0 Å². The monoisotopic (exact) mass is 243 g/mol. The quantitative estimate of drug-likeness (QED) is 0.794. The molecule has 1 aromatic carbocycles. The van der Waals surface area contributed by atoms with Crippen LogP contribution in [0.4, 0.5) is 26.3 Å². The van der Waals surface area contributed by atoms with Gasteiger partial charge in [-0.05, 0) is 17.7 Å². The van der Waals surface area contributed by atoms with Gasteiger partial charge in [-0.3, -0.25) is 0 Å². The SMILES string of the molecule is N[C@@H](c1ccc(F)cc1)C(F)(F)C(F)(F)F. The fraction of sp³-hybridized carbons (Fsp3) is 0.333. The molecule has 1 atom stereocenters. The van der Waals surface area contributed by atoms with E-state index >= 15 is 0 Å². The lowest BCUT2D eigenvalue weighted by Gasteiger charge is -2.25. The molecule has 0 amide bonds. The summed E-state index contributed by atoms with van der Waals surface area (Å²) in [5.41, 5.74) is 4.33. The minimum Gasteiger partial charge on any atom is -0.319 e. The highest BCUT2D eigenvalue weighted by Gasteiger charge is 2.61. The van der Waals surface area contributed by atoms with Gasteiger partial charge in [0.05, 0.1) is 0 Å². The van der Waals surface area contributed by atoms with E-state index in [1.54, 1.807) is 0 Å². The van der Waals surface area contributed by atoms with Crippen LogP contribution in [0.5, 0.6) is 0 Å². The van der Waals surface area contributed by atoms with Gasteiger partial charge in [0.15, 0.2) is 0 Å². The lowest BCUT2D eigenvalue weighted by atomic mass is 10.0. The lowest BCUT2D eigenvalue weighted by Crippen LogP contribution is -2.45. The van der Waals surface area contributed by atoms with Crippen LogP contribution in [0.1, 0.15) is 11.6 Å². The van der Waals surface area contributed by atoms with Gasteiger partial charge < -0.3 is 5.73 Å². The Balaban J connectivity index is 3.02. The Morgan fingerprint density at radius 3 is 1.75 bits per heavy atom. The van der Waals surface area contributed by atoms with Gasteiger partial charge in [-0.15, -0.1) is 0 Å². The van der Waals surface area contributed by atoms with Crippen molar-refractivity contribution in [3.63, 3.8) is 0 Å². The van der Waals surface area contributed by atoms with Crippen molar-refractivity contribution in [3.8, 4) is 0 Å². The Kier molecular flexibility index (Phi) is 3.18. The molecule has 0 saturated carbocycles. The van der Waals surface area contributed by atoms with Crippen LogP contribution in [0, 0.1) is 5.82 Å². The fourth-order valence-electron chi connectivity index (χ4n) is 1.06. The molecule has 0 spiro atoms. The Morgan fingerprint density at radius 1 is 0.938 bits per heavy atom. The predicted molar refractivity (Wildman–Crippen MR) is 44.3 cm³/mol. The van der Waals surface area contributed by atoms with E-state index < -0.39 is 29.5 Å². The topological polar surface area (TPSA) is 26.0 Å². The van der Waals surface area contributed by atoms with Gasteiger partial charge in [0.1, 0.15) is 11.9 Å². The summed E-state index contributed by atoms with van der Waals surface area (Å²) >= 11 is 0. The molecule has 0 aromatic heterocycles. The van der Waals surface area contributed by atoms with Crippen molar-refractivity contribution in [2.24, 2.45) is 5.73 Å². The molecule has 2 N–H and O–H groups in total. The van der Waals surface area contributed by atoms with E-state index in [0.29, 0.717) is 0 Å². The largest absolute Gasteiger partial charge is 0.455 e. The van der Waals surface area contributed by atoms with Crippen molar-refractivity contribution in [1.82, 2.24) is 0 Å². The van der Waals surface area contributed by atoms with Crippen molar-refractivity contribution in [3.05, 3.63) is 35.6 Å². The zero-order chi connectivity index (χ0) is 12.6. The number of hydrogen-bond donors (Lipinski definition) is 1. The third-order valence-electron chi connectivity index (χ3n) is 2.00. The van der Waals surface area contributed by atoms with Crippen LogP contribution in [0.3, 0.4) is 0 Å².